The lowest BCUT2D eigenvalue weighted by Gasteiger charge is -2.13. The van der Waals surface area contributed by atoms with Crippen molar-refractivity contribution in [1.82, 2.24) is 14.7 Å². The highest BCUT2D eigenvalue weighted by molar-refractivity contribution is 7.92. The average molecular weight is 494 g/mol. The Morgan fingerprint density at radius 3 is 2.37 bits per heavy atom. The first-order valence-electron chi connectivity index (χ1n) is 11.1. The summed E-state index contributed by atoms with van der Waals surface area (Å²) < 4.78 is 35.8. The second-order valence-corrected chi connectivity index (χ2v) is 9.93. The van der Waals surface area contributed by atoms with Gasteiger partial charge in [-0.05, 0) is 38.0 Å². The maximum atomic E-state index is 13.2. The Morgan fingerprint density at radius 1 is 1.09 bits per heavy atom. The molecule has 0 aliphatic heterocycles. The Balaban J connectivity index is 1.66. The lowest BCUT2D eigenvalue weighted by molar-refractivity contribution is 0.0991. The van der Waals surface area contributed by atoms with Gasteiger partial charge < -0.3 is 14.8 Å². The van der Waals surface area contributed by atoms with Crippen LogP contribution >= 0.6 is 0 Å². The molecule has 0 radical (unpaired) electrons. The molecule has 0 spiro atoms. The van der Waals surface area contributed by atoms with E-state index in [2.05, 4.69) is 14.9 Å². The topological polar surface area (TPSA) is 133 Å². The number of rotatable bonds is 8. The molecule has 0 aliphatic rings. The van der Waals surface area contributed by atoms with Gasteiger partial charge in [-0.1, -0.05) is 54.5 Å². The van der Waals surface area contributed by atoms with Gasteiger partial charge >= 0.3 is 0 Å². The van der Waals surface area contributed by atoms with Crippen LogP contribution in [0.15, 0.2) is 57.9 Å². The summed E-state index contributed by atoms with van der Waals surface area (Å²) in [7, 11) is -3.92. The molecule has 2 heterocycles. The van der Waals surface area contributed by atoms with Crippen molar-refractivity contribution in [2.45, 2.75) is 45.6 Å². The Bertz CT molecular complexity index is 1500. The normalized spacial score (nSPS) is 11.5. The van der Waals surface area contributed by atoms with Gasteiger partial charge in [0.2, 0.25) is 0 Å². The standard InChI is InChI=1S/C25H27N5O4S/c1-5-22-27-16(3)23(24(26)31)30(22)14-18-10-12-19(13-11-18)20-8-6-7-9-21(20)35(32,33)29-25-15(2)17(4)34-28-25/h6-13H,5,14H2,1-4H3,(H2,26,31)(H,28,29). The zero-order valence-electron chi connectivity index (χ0n) is 20.0. The highest BCUT2D eigenvalue weighted by Gasteiger charge is 2.23. The molecule has 35 heavy (non-hydrogen) atoms. The largest absolute Gasteiger partial charge is 0.364 e. The summed E-state index contributed by atoms with van der Waals surface area (Å²) in [6, 6.07) is 14.3. The first-order valence-corrected chi connectivity index (χ1v) is 12.6. The molecule has 4 aromatic rings. The van der Waals surface area contributed by atoms with E-state index in [0.717, 1.165) is 17.0 Å². The molecule has 0 fully saturated rings. The first-order chi connectivity index (χ1) is 16.6. The molecule has 0 saturated carbocycles. The van der Waals surface area contributed by atoms with Crippen LogP contribution in [0.3, 0.4) is 0 Å². The molecule has 182 valence electrons. The van der Waals surface area contributed by atoms with Crippen molar-refractivity contribution in [2.24, 2.45) is 5.73 Å². The Kier molecular flexibility index (Phi) is 6.49. The molecule has 1 amide bonds. The van der Waals surface area contributed by atoms with E-state index in [1.165, 1.54) is 0 Å². The Morgan fingerprint density at radius 2 is 1.77 bits per heavy atom. The van der Waals surface area contributed by atoms with Gasteiger partial charge in [0.05, 0.1) is 10.6 Å². The molecule has 9 nitrogen and oxygen atoms in total. The maximum absolute atomic E-state index is 13.2. The molecule has 0 atom stereocenters. The monoisotopic (exact) mass is 493 g/mol. The molecule has 0 unspecified atom stereocenters. The first kappa shape index (κ1) is 24.2. The van der Waals surface area contributed by atoms with Crippen molar-refractivity contribution in [3.05, 3.63) is 82.6 Å². The molecule has 2 aromatic carbocycles. The van der Waals surface area contributed by atoms with Crippen LogP contribution in [0, 0.1) is 20.8 Å². The third kappa shape index (κ3) is 4.69. The van der Waals surface area contributed by atoms with Crippen LogP contribution in [0.2, 0.25) is 0 Å². The number of imidazole rings is 1. The van der Waals surface area contributed by atoms with E-state index in [9.17, 15) is 13.2 Å². The molecular formula is C25H27N5O4S. The fourth-order valence-corrected chi connectivity index (χ4v) is 5.28. The number of hydrogen-bond acceptors (Lipinski definition) is 6. The summed E-state index contributed by atoms with van der Waals surface area (Å²) in [5, 5.41) is 3.81. The van der Waals surface area contributed by atoms with Gasteiger partial charge in [0.15, 0.2) is 5.82 Å². The van der Waals surface area contributed by atoms with Crippen molar-refractivity contribution in [3.63, 3.8) is 0 Å². The van der Waals surface area contributed by atoms with Crippen LogP contribution in [0.4, 0.5) is 5.82 Å². The predicted molar refractivity (Wildman–Crippen MR) is 133 cm³/mol. The molecule has 4 rings (SSSR count). The zero-order valence-corrected chi connectivity index (χ0v) is 20.8. The van der Waals surface area contributed by atoms with Crippen molar-refractivity contribution in [1.29, 1.82) is 0 Å². The Labute approximate surface area is 204 Å². The van der Waals surface area contributed by atoms with Crippen LogP contribution in [0.1, 0.15) is 45.8 Å². The van der Waals surface area contributed by atoms with Crippen LogP contribution in [-0.4, -0.2) is 29.0 Å². The number of aryl methyl sites for hydroxylation is 3. The van der Waals surface area contributed by atoms with E-state index in [4.69, 9.17) is 10.3 Å². The second kappa shape index (κ2) is 9.38. The fraction of sp³-hybridized carbons (Fsp3) is 0.240. The van der Waals surface area contributed by atoms with Gasteiger partial charge in [-0.2, -0.15) is 0 Å². The maximum Gasteiger partial charge on any atom is 0.267 e. The van der Waals surface area contributed by atoms with E-state index >= 15 is 0 Å². The third-order valence-corrected chi connectivity index (χ3v) is 7.34. The van der Waals surface area contributed by atoms with Crippen molar-refractivity contribution in [2.75, 3.05) is 4.72 Å². The SMILES string of the molecule is CCc1nc(C)c(C(N)=O)n1Cc1ccc(-c2ccccc2S(=O)(=O)Nc2noc(C)c2C)cc1. The molecule has 3 N–H and O–H groups in total. The van der Waals surface area contributed by atoms with Gasteiger partial charge in [-0.15, -0.1) is 0 Å². The minimum Gasteiger partial charge on any atom is -0.364 e. The molecule has 0 bridgehead atoms. The number of sulfonamides is 1. The number of nitrogens with zero attached hydrogens (tertiary/aromatic N) is 3. The Hall–Kier alpha value is -3.92. The van der Waals surface area contributed by atoms with E-state index < -0.39 is 15.9 Å². The predicted octanol–water partition coefficient (Wildman–Crippen LogP) is 3.97. The molecule has 2 aromatic heterocycles. The number of nitrogens with one attached hydrogen (secondary N) is 1. The molecular weight excluding hydrogens is 466 g/mol. The highest BCUT2D eigenvalue weighted by atomic mass is 32.2. The van der Waals surface area contributed by atoms with E-state index in [1.54, 1.807) is 45.0 Å². The zero-order chi connectivity index (χ0) is 25.3. The summed E-state index contributed by atoms with van der Waals surface area (Å²) >= 11 is 0. The fourth-order valence-electron chi connectivity index (χ4n) is 3.99. The van der Waals surface area contributed by atoms with Crippen molar-refractivity contribution < 1.29 is 17.7 Å². The summed E-state index contributed by atoms with van der Waals surface area (Å²) in [6.07, 6.45) is 0.662. The van der Waals surface area contributed by atoms with Crippen LogP contribution in [0.25, 0.3) is 11.1 Å². The summed E-state index contributed by atoms with van der Waals surface area (Å²) in [4.78, 5) is 16.6. The van der Waals surface area contributed by atoms with Crippen LogP contribution in [0.5, 0.6) is 0 Å². The minimum atomic E-state index is -3.92. The minimum absolute atomic E-state index is 0.127. The summed E-state index contributed by atoms with van der Waals surface area (Å²) in [5.74, 6) is 0.974. The smallest absolute Gasteiger partial charge is 0.267 e. The summed E-state index contributed by atoms with van der Waals surface area (Å²) in [5.41, 5.74) is 9.43. The number of hydrogen-bond donors (Lipinski definition) is 2. The van der Waals surface area contributed by atoms with Gasteiger partial charge in [0.1, 0.15) is 17.3 Å². The average Bonchev–Trinajstić information content (AvgIpc) is 3.32. The quantitative estimate of drug-likeness (QED) is 0.381. The number of anilines is 1. The number of nitrogens with two attached hydrogens (primary N) is 1. The molecule has 10 heteroatoms. The van der Waals surface area contributed by atoms with E-state index in [0.29, 0.717) is 41.2 Å². The summed E-state index contributed by atoms with van der Waals surface area (Å²) in [6.45, 7) is 7.63. The third-order valence-electron chi connectivity index (χ3n) is 5.94. The van der Waals surface area contributed by atoms with Crippen molar-refractivity contribution >= 4 is 21.7 Å². The molecule has 0 saturated heterocycles. The number of carbonyl (C=O) groups excluding carboxylic acids is 1. The number of carbonyl (C=O) groups is 1. The number of aromatic nitrogens is 3. The lowest BCUT2D eigenvalue weighted by atomic mass is 10.0. The van der Waals surface area contributed by atoms with Crippen LogP contribution < -0.4 is 10.5 Å². The van der Waals surface area contributed by atoms with Gasteiger partial charge in [0, 0.05) is 24.1 Å². The lowest BCUT2D eigenvalue weighted by Crippen LogP contribution is -2.19. The number of amides is 1. The van der Waals surface area contributed by atoms with E-state index in [1.807, 2.05) is 35.8 Å². The van der Waals surface area contributed by atoms with E-state index in [-0.39, 0.29) is 10.7 Å². The second-order valence-electron chi connectivity index (χ2n) is 8.28. The van der Waals surface area contributed by atoms with Gasteiger partial charge in [0.25, 0.3) is 15.9 Å². The number of benzene rings is 2. The van der Waals surface area contributed by atoms with Crippen LogP contribution in [-0.2, 0) is 23.0 Å². The van der Waals surface area contributed by atoms with Crippen molar-refractivity contribution in [3.8, 4) is 11.1 Å². The van der Waals surface area contributed by atoms with Gasteiger partial charge in [-0.3, -0.25) is 9.52 Å². The molecule has 0 aliphatic carbocycles. The highest BCUT2D eigenvalue weighted by Crippen LogP contribution is 2.30. The number of primary amides is 1. The van der Waals surface area contributed by atoms with Gasteiger partial charge in [-0.25, -0.2) is 13.4 Å².